The van der Waals surface area contributed by atoms with E-state index in [-0.39, 0.29) is 23.8 Å². The molecule has 0 spiro atoms. The number of nitro groups is 1. The summed E-state index contributed by atoms with van der Waals surface area (Å²) in [6, 6.07) is 21.6. The second-order valence-electron chi connectivity index (χ2n) is 10.2. The molecule has 5 aromatic rings. The lowest BCUT2D eigenvalue weighted by molar-refractivity contribution is -0.384. The number of non-ortho nitro benzene ring substituents is 1. The van der Waals surface area contributed by atoms with Crippen LogP contribution in [0.3, 0.4) is 0 Å². The largest absolute Gasteiger partial charge is 0.489 e. The number of fused-ring (bicyclic) bond motifs is 1. The highest BCUT2D eigenvalue weighted by atomic mass is 79.9. The maximum atomic E-state index is 13.5. The summed E-state index contributed by atoms with van der Waals surface area (Å²) < 4.78 is 10.2. The lowest BCUT2D eigenvalue weighted by atomic mass is 10.1. The van der Waals surface area contributed by atoms with Gasteiger partial charge in [-0.1, -0.05) is 41.9 Å². The maximum Gasteiger partial charge on any atom is 0.282 e. The normalized spacial score (nSPS) is 12.2. The van der Waals surface area contributed by atoms with Crippen LogP contribution < -0.4 is 10.3 Å². The molecule has 0 bridgehead atoms. The van der Waals surface area contributed by atoms with Crippen molar-refractivity contribution in [2.75, 3.05) is 0 Å². The van der Waals surface area contributed by atoms with Gasteiger partial charge in [-0.2, -0.15) is 9.78 Å². The average molecular weight is 629 g/mol. The number of aromatic nitrogens is 3. The van der Waals surface area contributed by atoms with Crippen molar-refractivity contribution in [2.24, 2.45) is 5.10 Å². The van der Waals surface area contributed by atoms with Crippen LogP contribution in [0.15, 0.2) is 87.2 Å². The van der Waals surface area contributed by atoms with E-state index in [1.807, 2.05) is 63.2 Å². The van der Waals surface area contributed by atoms with Crippen LogP contribution in [-0.2, 0) is 6.61 Å². The molecule has 0 radical (unpaired) electrons. The number of halogens is 1. The second-order valence-corrected chi connectivity index (χ2v) is 11.1. The molecule has 42 heavy (non-hydrogen) atoms. The Morgan fingerprint density at radius 1 is 1.10 bits per heavy atom. The molecule has 9 nitrogen and oxygen atoms in total. The summed E-state index contributed by atoms with van der Waals surface area (Å²) in [5.41, 5.74) is 5.01. The van der Waals surface area contributed by atoms with Gasteiger partial charge in [0, 0.05) is 45.2 Å². The highest BCUT2D eigenvalue weighted by Gasteiger charge is 2.16. The Bertz CT molecular complexity index is 1880. The van der Waals surface area contributed by atoms with Crippen molar-refractivity contribution >= 4 is 38.7 Å². The van der Waals surface area contributed by atoms with Gasteiger partial charge >= 0.3 is 0 Å². The van der Waals surface area contributed by atoms with Crippen LogP contribution in [0.25, 0.3) is 16.6 Å². The van der Waals surface area contributed by atoms with E-state index in [1.54, 1.807) is 24.4 Å². The molecule has 0 fully saturated rings. The van der Waals surface area contributed by atoms with Crippen LogP contribution in [0, 0.1) is 24.0 Å². The van der Waals surface area contributed by atoms with Gasteiger partial charge in [-0.05, 0) is 74.4 Å². The number of nitro benzene ring substituents is 1. The Hall–Kier alpha value is -4.57. The zero-order valence-electron chi connectivity index (χ0n) is 23.7. The monoisotopic (exact) mass is 627 g/mol. The molecule has 0 amide bonds. The molecular weight excluding hydrogens is 598 g/mol. The number of hydrogen-bond acceptors (Lipinski definition) is 6. The third kappa shape index (κ3) is 5.89. The van der Waals surface area contributed by atoms with Crippen molar-refractivity contribution in [1.82, 2.24) is 14.2 Å². The van der Waals surface area contributed by atoms with E-state index >= 15 is 0 Å². The summed E-state index contributed by atoms with van der Waals surface area (Å²) >= 11 is 3.45. The molecule has 2 aromatic heterocycles. The fraction of sp³-hybridized carbons (Fsp3) is 0.219. The van der Waals surface area contributed by atoms with Gasteiger partial charge in [0.25, 0.3) is 11.2 Å². The van der Waals surface area contributed by atoms with E-state index in [0.29, 0.717) is 22.5 Å². The molecule has 0 unspecified atom stereocenters. The van der Waals surface area contributed by atoms with Gasteiger partial charge < -0.3 is 9.30 Å². The average Bonchev–Trinajstić information content (AvgIpc) is 3.28. The molecule has 10 heteroatoms. The Morgan fingerprint density at radius 3 is 2.57 bits per heavy atom. The summed E-state index contributed by atoms with van der Waals surface area (Å²) in [7, 11) is 0. The van der Waals surface area contributed by atoms with Gasteiger partial charge in [0.2, 0.25) is 0 Å². The first-order chi connectivity index (χ1) is 20.2. The number of ether oxygens (including phenoxy) is 1. The standard InChI is InChI=1S/C32H30BrN5O4/c1-5-20(2)31-35-30-14-9-25(33)17-29(30)32(39)37(31)34-18-24-15-21(3)36(22(24)4)26-10-12-28(13-11-26)42-19-23-7-6-8-27(16-23)38(40)41/h6-18,20H,5,19H2,1-4H3/t20-/m1/s1. The van der Waals surface area contributed by atoms with E-state index in [4.69, 9.17) is 9.72 Å². The summed E-state index contributed by atoms with van der Waals surface area (Å²) in [5, 5.41) is 16.2. The third-order valence-corrected chi connectivity index (χ3v) is 7.78. The molecule has 3 aromatic carbocycles. The molecule has 0 saturated carbocycles. The summed E-state index contributed by atoms with van der Waals surface area (Å²) in [6.45, 7) is 8.36. The highest BCUT2D eigenvalue weighted by molar-refractivity contribution is 9.10. The van der Waals surface area contributed by atoms with Crippen LogP contribution in [0.4, 0.5) is 5.69 Å². The fourth-order valence-corrected chi connectivity index (χ4v) is 5.19. The van der Waals surface area contributed by atoms with Crippen molar-refractivity contribution in [3.8, 4) is 11.4 Å². The van der Waals surface area contributed by atoms with Crippen LogP contribution in [-0.4, -0.2) is 25.4 Å². The molecule has 0 aliphatic rings. The van der Waals surface area contributed by atoms with Crippen LogP contribution in [0.1, 0.15) is 54.5 Å². The number of nitrogens with zero attached hydrogens (tertiary/aromatic N) is 5. The van der Waals surface area contributed by atoms with Gasteiger partial charge in [-0.25, -0.2) is 4.98 Å². The van der Waals surface area contributed by atoms with Gasteiger partial charge in [0.1, 0.15) is 18.2 Å². The van der Waals surface area contributed by atoms with Crippen LogP contribution in [0.5, 0.6) is 5.75 Å². The van der Waals surface area contributed by atoms with E-state index in [0.717, 1.165) is 39.1 Å². The van der Waals surface area contributed by atoms with Gasteiger partial charge in [-0.15, -0.1) is 0 Å². The maximum absolute atomic E-state index is 13.5. The lowest BCUT2D eigenvalue weighted by Gasteiger charge is -2.14. The zero-order chi connectivity index (χ0) is 30.0. The summed E-state index contributed by atoms with van der Waals surface area (Å²) in [4.78, 5) is 28.9. The SMILES string of the molecule is CC[C@@H](C)c1nc2ccc(Br)cc2c(=O)n1N=Cc1cc(C)n(-c2ccc(OCc3cccc([N+](=O)[O-])c3)cc2)c1C. The van der Waals surface area contributed by atoms with Crippen molar-refractivity contribution in [2.45, 2.75) is 46.6 Å². The predicted octanol–water partition coefficient (Wildman–Crippen LogP) is 7.45. The summed E-state index contributed by atoms with van der Waals surface area (Å²) in [6.07, 6.45) is 2.54. The molecule has 0 saturated heterocycles. The fourth-order valence-electron chi connectivity index (χ4n) is 4.83. The molecule has 5 rings (SSSR count). The minimum atomic E-state index is -0.417. The molecular formula is C32H30BrN5O4. The topological polar surface area (TPSA) is 105 Å². The van der Waals surface area contributed by atoms with E-state index in [1.165, 1.54) is 16.8 Å². The first-order valence-corrected chi connectivity index (χ1v) is 14.4. The second kappa shape index (κ2) is 12.1. The molecule has 0 aliphatic heterocycles. The van der Waals surface area contributed by atoms with Gasteiger partial charge in [-0.3, -0.25) is 14.9 Å². The quantitative estimate of drug-likeness (QED) is 0.0958. The third-order valence-electron chi connectivity index (χ3n) is 7.29. The first kappa shape index (κ1) is 28.9. The van der Waals surface area contributed by atoms with Crippen molar-refractivity contribution in [3.05, 3.63) is 126 Å². The Morgan fingerprint density at radius 2 is 1.86 bits per heavy atom. The highest BCUT2D eigenvalue weighted by Crippen LogP contribution is 2.24. The summed E-state index contributed by atoms with van der Waals surface area (Å²) in [5.74, 6) is 1.33. The van der Waals surface area contributed by atoms with Crippen LogP contribution in [0.2, 0.25) is 0 Å². The number of benzene rings is 3. The zero-order valence-corrected chi connectivity index (χ0v) is 25.3. The van der Waals surface area contributed by atoms with E-state index < -0.39 is 4.92 Å². The molecule has 0 N–H and O–H groups in total. The Labute approximate surface area is 251 Å². The predicted molar refractivity (Wildman–Crippen MR) is 168 cm³/mol. The molecule has 2 heterocycles. The van der Waals surface area contributed by atoms with Gasteiger partial charge in [0.05, 0.1) is 22.0 Å². The first-order valence-electron chi connectivity index (χ1n) is 13.6. The smallest absolute Gasteiger partial charge is 0.282 e. The number of rotatable bonds is 9. The van der Waals surface area contributed by atoms with Crippen molar-refractivity contribution < 1.29 is 9.66 Å². The lowest BCUT2D eigenvalue weighted by Crippen LogP contribution is -2.23. The van der Waals surface area contributed by atoms with Crippen molar-refractivity contribution in [3.63, 3.8) is 0 Å². The van der Waals surface area contributed by atoms with E-state index in [9.17, 15) is 14.9 Å². The molecule has 1 atom stereocenters. The van der Waals surface area contributed by atoms with Crippen molar-refractivity contribution in [1.29, 1.82) is 0 Å². The minimum Gasteiger partial charge on any atom is -0.489 e. The van der Waals surface area contributed by atoms with Gasteiger partial charge in [0.15, 0.2) is 0 Å². The molecule has 214 valence electrons. The minimum absolute atomic E-state index is 0.0373. The van der Waals surface area contributed by atoms with Crippen LogP contribution >= 0.6 is 15.9 Å². The molecule has 0 aliphatic carbocycles. The Balaban J connectivity index is 1.41. The number of hydrogen-bond donors (Lipinski definition) is 0. The Kier molecular flexibility index (Phi) is 8.35. The number of aryl methyl sites for hydroxylation is 1. The van der Waals surface area contributed by atoms with E-state index in [2.05, 4.69) is 32.5 Å².